The maximum Gasteiger partial charge on any atom is 0.355 e. The normalized spacial score (nSPS) is 9.83. The minimum Gasteiger partial charge on any atom is -0.476 e. The van der Waals surface area contributed by atoms with Crippen molar-refractivity contribution in [1.29, 1.82) is 0 Å². The molecule has 0 atom stereocenters. The first-order chi connectivity index (χ1) is 5.52. The van der Waals surface area contributed by atoms with Crippen LogP contribution in [0.2, 0.25) is 5.15 Å². The van der Waals surface area contributed by atoms with Crippen molar-refractivity contribution in [1.82, 2.24) is 4.98 Å². The van der Waals surface area contributed by atoms with Gasteiger partial charge in [0.15, 0.2) is 5.69 Å². The Kier molecular flexibility index (Phi) is 2.54. The number of nitrogens with two attached hydrogens (primary N) is 1. The van der Waals surface area contributed by atoms with Gasteiger partial charge in [-0.05, 0) is 22.0 Å². The van der Waals surface area contributed by atoms with Crippen LogP contribution in [0.1, 0.15) is 10.5 Å². The zero-order chi connectivity index (χ0) is 9.30. The summed E-state index contributed by atoms with van der Waals surface area (Å²) in [6.45, 7) is 0. The molecule has 1 rings (SSSR count). The van der Waals surface area contributed by atoms with Crippen molar-refractivity contribution in [3.63, 3.8) is 0 Å². The second-order valence-electron chi connectivity index (χ2n) is 2.00. The fraction of sp³-hybridized carbons (Fsp3) is 0. The first-order valence-electron chi connectivity index (χ1n) is 2.87. The highest BCUT2D eigenvalue weighted by molar-refractivity contribution is 9.10. The Labute approximate surface area is 81.5 Å². The Hall–Kier alpha value is -0.810. The van der Waals surface area contributed by atoms with E-state index in [1.165, 1.54) is 6.07 Å². The lowest BCUT2D eigenvalue weighted by Crippen LogP contribution is -2.04. The topological polar surface area (TPSA) is 76.2 Å². The predicted octanol–water partition coefficient (Wildman–Crippen LogP) is 1.78. The van der Waals surface area contributed by atoms with Crippen molar-refractivity contribution in [3.8, 4) is 0 Å². The molecular formula is C6H4BrClN2O2. The van der Waals surface area contributed by atoms with Crippen LogP contribution in [0.5, 0.6) is 0 Å². The first-order valence-corrected chi connectivity index (χ1v) is 4.04. The number of hydrogen-bond acceptors (Lipinski definition) is 3. The van der Waals surface area contributed by atoms with Crippen molar-refractivity contribution >= 4 is 39.2 Å². The summed E-state index contributed by atoms with van der Waals surface area (Å²) in [6, 6.07) is 1.37. The number of carboxylic acid groups (broad SMARTS) is 1. The predicted molar refractivity (Wildman–Crippen MR) is 48.3 cm³/mol. The Morgan fingerprint density at radius 2 is 2.33 bits per heavy atom. The number of pyridine rings is 1. The zero-order valence-electron chi connectivity index (χ0n) is 5.71. The van der Waals surface area contributed by atoms with Crippen LogP contribution in [-0.4, -0.2) is 16.1 Å². The number of nitrogens with zero attached hydrogens (tertiary/aromatic N) is 1. The maximum absolute atomic E-state index is 10.5. The Balaban J connectivity index is 3.37. The van der Waals surface area contributed by atoms with E-state index in [4.69, 9.17) is 22.4 Å². The van der Waals surface area contributed by atoms with E-state index < -0.39 is 5.97 Å². The van der Waals surface area contributed by atoms with Gasteiger partial charge in [0.05, 0.1) is 10.2 Å². The second-order valence-corrected chi connectivity index (χ2v) is 3.18. The second kappa shape index (κ2) is 3.28. The van der Waals surface area contributed by atoms with E-state index in [-0.39, 0.29) is 21.0 Å². The highest BCUT2D eigenvalue weighted by Crippen LogP contribution is 2.25. The van der Waals surface area contributed by atoms with E-state index in [9.17, 15) is 4.79 Å². The van der Waals surface area contributed by atoms with Gasteiger partial charge in [-0.25, -0.2) is 9.78 Å². The molecule has 1 aromatic rings. The van der Waals surface area contributed by atoms with Crippen molar-refractivity contribution in [2.24, 2.45) is 0 Å². The highest BCUT2D eigenvalue weighted by Gasteiger charge is 2.13. The molecule has 0 aliphatic rings. The fourth-order valence-electron chi connectivity index (χ4n) is 0.658. The number of halogens is 2. The van der Waals surface area contributed by atoms with Crippen LogP contribution in [0.4, 0.5) is 5.69 Å². The molecule has 1 aromatic heterocycles. The van der Waals surface area contributed by atoms with E-state index >= 15 is 0 Å². The minimum atomic E-state index is -1.17. The van der Waals surface area contributed by atoms with Crippen molar-refractivity contribution in [2.75, 3.05) is 5.73 Å². The van der Waals surface area contributed by atoms with Crippen LogP contribution >= 0.6 is 27.5 Å². The number of carbonyl (C=O) groups is 1. The summed E-state index contributed by atoms with van der Waals surface area (Å²) in [5.41, 5.74) is 5.50. The summed E-state index contributed by atoms with van der Waals surface area (Å²) >= 11 is 8.48. The third-order valence-electron chi connectivity index (χ3n) is 1.16. The fourth-order valence-corrected chi connectivity index (χ4v) is 1.23. The molecule has 0 amide bonds. The average molecular weight is 251 g/mol. The summed E-state index contributed by atoms with van der Waals surface area (Å²) in [5.74, 6) is -1.17. The standard InChI is InChI=1S/C6H4BrClN2O2/c7-4-2(9)1-3(8)10-5(4)6(11)12/h1H,(H2,9,10)(H,11,12). The molecule has 0 bridgehead atoms. The average Bonchev–Trinajstić information content (AvgIpc) is 1.96. The quantitative estimate of drug-likeness (QED) is 0.746. The van der Waals surface area contributed by atoms with E-state index in [2.05, 4.69) is 20.9 Å². The third kappa shape index (κ3) is 1.67. The minimum absolute atomic E-state index is 0.0631. The molecule has 12 heavy (non-hydrogen) atoms. The Bertz CT molecular complexity index is 343. The number of nitrogen functional groups attached to an aromatic ring is 1. The molecule has 0 aromatic carbocycles. The van der Waals surface area contributed by atoms with Crippen LogP contribution in [0.3, 0.4) is 0 Å². The summed E-state index contributed by atoms with van der Waals surface area (Å²) in [5, 5.41) is 8.67. The van der Waals surface area contributed by atoms with Gasteiger partial charge in [-0.15, -0.1) is 0 Å². The molecule has 1 heterocycles. The third-order valence-corrected chi connectivity index (χ3v) is 2.18. The monoisotopic (exact) mass is 250 g/mol. The molecule has 0 saturated carbocycles. The van der Waals surface area contributed by atoms with Gasteiger partial charge in [-0.2, -0.15) is 0 Å². The van der Waals surface area contributed by atoms with E-state index in [1.54, 1.807) is 0 Å². The van der Waals surface area contributed by atoms with Gasteiger partial charge in [0, 0.05) is 0 Å². The molecule has 0 fully saturated rings. The lowest BCUT2D eigenvalue weighted by Gasteiger charge is -2.01. The number of aromatic carboxylic acids is 1. The molecule has 0 radical (unpaired) electrons. The van der Waals surface area contributed by atoms with Gasteiger partial charge < -0.3 is 10.8 Å². The number of carboxylic acids is 1. The smallest absolute Gasteiger partial charge is 0.355 e. The van der Waals surface area contributed by atoms with Crippen LogP contribution in [0.25, 0.3) is 0 Å². The van der Waals surface area contributed by atoms with E-state index in [0.29, 0.717) is 0 Å². The van der Waals surface area contributed by atoms with Gasteiger partial charge in [0.25, 0.3) is 0 Å². The number of hydrogen-bond donors (Lipinski definition) is 2. The van der Waals surface area contributed by atoms with Gasteiger partial charge in [-0.3, -0.25) is 0 Å². The molecule has 0 aliphatic heterocycles. The van der Waals surface area contributed by atoms with Crippen LogP contribution in [0, 0.1) is 0 Å². The molecular weight excluding hydrogens is 247 g/mol. The van der Waals surface area contributed by atoms with Crippen molar-refractivity contribution < 1.29 is 9.90 Å². The first kappa shape index (κ1) is 9.28. The molecule has 0 spiro atoms. The molecule has 0 aliphatic carbocycles. The van der Waals surface area contributed by atoms with Crippen LogP contribution in [0.15, 0.2) is 10.5 Å². The van der Waals surface area contributed by atoms with Gasteiger partial charge in [0.2, 0.25) is 0 Å². The van der Waals surface area contributed by atoms with Crippen molar-refractivity contribution in [2.45, 2.75) is 0 Å². The molecule has 4 nitrogen and oxygen atoms in total. The van der Waals surface area contributed by atoms with Gasteiger partial charge >= 0.3 is 5.97 Å². The molecule has 6 heteroatoms. The number of rotatable bonds is 1. The Morgan fingerprint density at radius 3 is 2.83 bits per heavy atom. The summed E-state index contributed by atoms with van der Waals surface area (Å²) < 4.78 is 0.249. The summed E-state index contributed by atoms with van der Waals surface area (Å²) in [7, 11) is 0. The molecule has 0 unspecified atom stereocenters. The van der Waals surface area contributed by atoms with Crippen LogP contribution < -0.4 is 5.73 Å². The molecule has 0 saturated heterocycles. The number of aromatic nitrogens is 1. The summed E-state index contributed by atoms with van der Waals surface area (Å²) in [6.07, 6.45) is 0. The highest BCUT2D eigenvalue weighted by atomic mass is 79.9. The largest absolute Gasteiger partial charge is 0.476 e. The lowest BCUT2D eigenvalue weighted by atomic mass is 10.3. The van der Waals surface area contributed by atoms with E-state index in [1.807, 2.05) is 0 Å². The van der Waals surface area contributed by atoms with Crippen molar-refractivity contribution in [3.05, 3.63) is 21.4 Å². The van der Waals surface area contributed by atoms with E-state index in [0.717, 1.165) is 0 Å². The lowest BCUT2D eigenvalue weighted by molar-refractivity contribution is 0.0689. The zero-order valence-corrected chi connectivity index (χ0v) is 8.06. The maximum atomic E-state index is 10.5. The Morgan fingerprint density at radius 1 is 1.75 bits per heavy atom. The molecule has 64 valence electrons. The van der Waals surface area contributed by atoms with Gasteiger partial charge in [-0.1, -0.05) is 11.6 Å². The SMILES string of the molecule is Nc1cc(Cl)nc(C(=O)O)c1Br. The molecule has 3 N–H and O–H groups in total. The number of anilines is 1. The van der Waals surface area contributed by atoms with Crippen LogP contribution in [-0.2, 0) is 0 Å². The summed E-state index contributed by atoms with van der Waals surface area (Å²) in [4.78, 5) is 14.1. The van der Waals surface area contributed by atoms with Gasteiger partial charge in [0.1, 0.15) is 5.15 Å².